The SMILES string of the molecule is Cc1cc(-c2nn[nH]n2)cc(C)c1CN1CCOCC12CCC2. The van der Waals surface area contributed by atoms with E-state index in [-0.39, 0.29) is 0 Å². The van der Waals surface area contributed by atoms with E-state index in [2.05, 4.69) is 51.5 Å². The number of ether oxygens (including phenoxy) is 1. The molecule has 1 aliphatic carbocycles. The standard InChI is InChI=1S/C17H23N5O/c1-12-8-14(16-18-20-21-19-16)9-13(2)15(12)10-22-6-7-23-11-17(22)4-3-5-17/h8-9H,3-7,10-11H2,1-2H3,(H,18,19,20,21). The number of aromatic amines is 1. The van der Waals surface area contributed by atoms with Crippen LogP contribution in [0, 0.1) is 13.8 Å². The number of rotatable bonds is 3. The zero-order valence-corrected chi connectivity index (χ0v) is 13.8. The lowest BCUT2D eigenvalue weighted by atomic mass is 9.75. The molecule has 1 aliphatic heterocycles. The first-order valence-electron chi connectivity index (χ1n) is 8.35. The smallest absolute Gasteiger partial charge is 0.204 e. The van der Waals surface area contributed by atoms with Crippen LogP contribution in [0.3, 0.4) is 0 Å². The number of H-pyrrole nitrogens is 1. The number of aryl methyl sites for hydroxylation is 2. The number of tetrazole rings is 1. The summed E-state index contributed by atoms with van der Waals surface area (Å²) in [4.78, 5) is 2.64. The van der Waals surface area contributed by atoms with Gasteiger partial charge in [0.25, 0.3) is 0 Å². The van der Waals surface area contributed by atoms with Gasteiger partial charge in [-0.05, 0) is 67.1 Å². The van der Waals surface area contributed by atoms with Crippen molar-refractivity contribution in [1.82, 2.24) is 25.5 Å². The Hall–Kier alpha value is -1.79. The van der Waals surface area contributed by atoms with Crippen LogP contribution in [0.25, 0.3) is 11.4 Å². The second kappa shape index (κ2) is 5.69. The number of nitrogens with zero attached hydrogens (tertiary/aromatic N) is 4. The average Bonchev–Trinajstić information content (AvgIpc) is 3.04. The first-order chi connectivity index (χ1) is 11.2. The second-order valence-electron chi connectivity index (χ2n) is 6.88. The van der Waals surface area contributed by atoms with E-state index < -0.39 is 0 Å². The molecule has 1 saturated heterocycles. The first kappa shape index (κ1) is 14.8. The molecule has 2 heterocycles. The highest BCUT2D eigenvalue weighted by molar-refractivity contribution is 5.58. The largest absolute Gasteiger partial charge is 0.378 e. The topological polar surface area (TPSA) is 66.9 Å². The van der Waals surface area contributed by atoms with Crippen molar-refractivity contribution < 1.29 is 4.74 Å². The maximum absolute atomic E-state index is 5.76. The predicted octanol–water partition coefficient (Wildman–Crippen LogP) is 2.24. The minimum absolute atomic E-state index is 0.295. The van der Waals surface area contributed by atoms with E-state index >= 15 is 0 Å². The van der Waals surface area contributed by atoms with Crippen molar-refractivity contribution in [2.75, 3.05) is 19.8 Å². The van der Waals surface area contributed by atoms with E-state index in [9.17, 15) is 0 Å². The highest BCUT2D eigenvalue weighted by atomic mass is 16.5. The molecular formula is C17H23N5O. The van der Waals surface area contributed by atoms with Crippen LogP contribution in [0.1, 0.15) is 36.0 Å². The van der Waals surface area contributed by atoms with Gasteiger partial charge >= 0.3 is 0 Å². The summed E-state index contributed by atoms with van der Waals surface area (Å²) in [6.45, 7) is 8.14. The highest BCUT2D eigenvalue weighted by Crippen LogP contribution is 2.41. The number of hydrogen-bond acceptors (Lipinski definition) is 5. The van der Waals surface area contributed by atoms with Crippen molar-refractivity contribution in [3.63, 3.8) is 0 Å². The molecule has 1 aromatic carbocycles. The maximum atomic E-state index is 5.76. The Bertz CT molecular complexity index is 670. The molecule has 1 N–H and O–H groups in total. The minimum Gasteiger partial charge on any atom is -0.378 e. The van der Waals surface area contributed by atoms with Crippen LogP contribution in [0.4, 0.5) is 0 Å². The lowest BCUT2D eigenvalue weighted by Gasteiger charge is -2.53. The summed E-state index contributed by atoms with van der Waals surface area (Å²) in [7, 11) is 0. The Kier molecular flexibility index (Phi) is 3.66. The van der Waals surface area contributed by atoms with Crippen LogP contribution in [0.2, 0.25) is 0 Å². The van der Waals surface area contributed by atoms with Crippen LogP contribution in [-0.2, 0) is 11.3 Å². The second-order valence-corrected chi connectivity index (χ2v) is 6.88. The van der Waals surface area contributed by atoms with Gasteiger partial charge in [0.15, 0.2) is 0 Å². The molecule has 1 aromatic heterocycles. The third-order valence-corrected chi connectivity index (χ3v) is 5.48. The number of morpholine rings is 1. The van der Waals surface area contributed by atoms with E-state index in [1.807, 2.05) is 0 Å². The van der Waals surface area contributed by atoms with Crippen molar-refractivity contribution >= 4 is 0 Å². The summed E-state index contributed by atoms with van der Waals surface area (Å²) in [5, 5.41) is 14.3. The number of hydrogen-bond donors (Lipinski definition) is 1. The first-order valence-corrected chi connectivity index (χ1v) is 8.35. The third kappa shape index (κ3) is 2.56. The fraction of sp³-hybridized carbons (Fsp3) is 0.588. The maximum Gasteiger partial charge on any atom is 0.204 e. The molecule has 0 radical (unpaired) electrons. The van der Waals surface area contributed by atoms with E-state index in [0.29, 0.717) is 11.4 Å². The molecule has 1 spiro atoms. The van der Waals surface area contributed by atoms with E-state index in [1.165, 1.54) is 36.0 Å². The van der Waals surface area contributed by atoms with Crippen molar-refractivity contribution in [2.45, 2.75) is 45.2 Å². The highest BCUT2D eigenvalue weighted by Gasteiger charge is 2.44. The molecule has 122 valence electrons. The molecule has 6 heteroatoms. The van der Waals surface area contributed by atoms with Gasteiger partial charge in [-0.3, -0.25) is 4.90 Å². The normalized spacial score (nSPS) is 20.6. The molecule has 2 aromatic rings. The Morgan fingerprint density at radius 1 is 1.26 bits per heavy atom. The molecule has 2 aliphatic rings. The summed E-state index contributed by atoms with van der Waals surface area (Å²) in [6, 6.07) is 4.34. The summed E-state index contributed by atoms with van der Waals surface area (Å²) in [5.74, 6) is 0.657. The summed E-state index contributed by atoms with van der Waals surface area (Å²) < 4.78 is 5.76. The van der Waals surface area contributed by atoms with Gasteiger partial charge in [0.05, 0.1) is 13.2 Å². The predicted molar refractivity (Wildman–Crippen MR) is 86.9 cm³/mol. The van der Waals surface area contributed by atoms with Crippen LogP contribution < -0.4 is 0 Å². The van der Waals surface area contributed by atoms with Gasteiger partial charge in [-0.15, -0.1) is 10.2 Å². The van der Waals surface area contributed by atoms with Gasteiger partial charge in [-0.1, -0.05) is 0 Å². The van der Waals surface area contributed by atoms with Crippen LogP contribution >= 0.6 is 0 Å². The zero-order valence-electron chi connectivity index (χ0n) is 13.8. The van der Waals surface area contributed by atoms with Gasteiger partial charge in [0.1, 0.15) is 0 Å². The molecule has 1 saturated carbocycles. The fourth-order valence-corrected chi connectivity index (χ4v) is 3.90. The molecule has 23 heavy (non-hydrogen) atoms. The number of aromatic nitrogens is 4. The Morgan fingerprint density at radius 2 is 2.04 bits per heavy atom. The van der Waals surface area contributed by atoms with Gasteiger partial charge in [-0.2, -0.15) is 5.21 Å². The quantitative estimate of drug-likeness (QED) is 0.941. The van der Waals surface area contributed by atoms with E-state index in [0.717, 1.165) is 31.9 Å². The molecular weight excluding hydrogens is 290 g/mol. The van der Waals surface area contributed by atoms with Crippen LogP contribution in [-0.4, -0.2) is 50.8 Å². The Balaban J connectivity index is 1.61. The average molecular weight is 313 g/mol. The monoisotopic (exact) mass is 313 g/mol. The number of nitrogens with one attached hydrogen (secondary N) is 1. The van der Waals surface area contributed by atoms with E-state index in [4.69, 9.17) is 4.74 Å². The zero-order chi connectivity index (χ0) is 15.9. The van der Waals surface area contributed by atoms with Gasteiger partial charge in [0.2, 0.25) is 5.82 Å². The molecule has 4 rings (SSSR count). The summed E-state index contributed by atoms with van der Waals surface area (Å²) in [5.41, 5.74) is 5.34. The van der Waals surface area contributed by atoms with Crippen LogP contribution in [0.5, 0.6) is 0 Å². The number of benzene rings is 1. The van der Waals surface area contributed by atoms with Gasteiger partial charge in [-0.25, -0.2) is 0 Å². The molecule has 0 bridgehead atoms. The summed E-state index contributed by atoms with van der Waals surface area (Å²) in [6.07, 6.45) is 3.87. The van der Waals surface area contributed by atoms with Crippen molar-refractivity contribution in [3.8, 4) is 11.4 Å². The minimum atomic E-state index is 0.295. The van der Waals surface area contributed by atoms with Crippen LogP contribution in [0.15, 0.2) is 12.1 Å². The van der Waals surface area contributed by atoms with Crippen molar-refractivity contribution in [2.24, 2.45) is 0 Å². The van der Waals surface area contributed by atoms with Crippen molar-refractivity contribution in [3.05, 3.63) is 28.8 Å². The molecule has 0 atom stereocenters. The lowest BCUT2D eigenvalue weighted by molar-refractivity contribution is -0.111. The summed E-state index contributed by atoms with van der Waals surface area (Å²) >= 11 is 0. The third-order valence-electron chi connectivity index (χ3n) is 5.48. The van der Waals surface area contributed by atoms with Gasteiger partial charge in [0, 0.05) is 24.2 Å². The Labute approximate surface area is 136 Å². The lowest BCUT2D eigenvalue weighted by Crippen LogP contribution is -2.60. The Morgan fingerprint density at radius 3 is 2.65 bits per heavy atom. The fourth-order valence-electron chi connectivity index (χ4n) is 3.90. The van der Waals surface area contributed by atoms with Gasteiger partial charge < -0.3 is 4.74 Å². The van der Waals surface area contributed by atoms with E-state index in [1.54, 1.807) is 0 Å². The van der Waals surface area contributed by atoms with Crippen molar-refractivity contribution in [1.29, 1.82) is 0 Å². The molecule has 2 fully saturated rings. The molecule has 0 unspecified atom stereocenters. The molecule has 6 nitrogen and oxygen atoms in total. The molecule has 0 amide bonds.